The molecule has 0 heterocycles. The first-order valence-corrected chi connectivity index (χ1v) is 6.46. The van der Waals surface area contributed by atoms with Crippen LogP contribution in [-0.2, 0) is 0 Å². The van der Waals surface area contributed by atoms with E-state index in [0.717, 1.165) is 5.69 Å². The Morgan fingerprint density at radius 2 is 1.95 bits per heavy atom. The van der Waals surface area contributed by atoms with Crippen molar-refractivity contribution < 1.29 is 4.79 Å². The first kappa shape index (κ1) is 15.2. The van der Waals surface area contributed by atoms with Gasteiger partial charge in [-0.15, -0.1) is 0 Å². The van der Waals surface area contributed by atoms with Gasteiger partial charge in [0.2, 0.25) is 0 Å². The van der Waals surface area contributed by atoms with E-state index in [4.69, 9.17) is 0 Å². The van der Waals surface area contributed by atoms with Gasteiger partial charge in [0.15, 0.2) is 0 Å². The number of rotatable bonds is 4. The number of amides is 2. The highest BCUT2D eigenvalue weighted by atomic mass is 16.2. The second-order valence-corrected chi connectivity index (χ2v) is 5.62. The Hall–Kier alpha value is -1.84. The molecule has 4 heteroatoms. The minimum absolute atomic E-state index is 0.0882. The second kappa shape index (κ2) is 6.92. The number of hydrogen-bond acceptors (Lipinski definition) is 2. The molecule has 2 amide bonds. The smallest absolute Gasteiger partial charge is 0.321 e. The number of nitrogens with one attached hydrogen (secondary N) is 1. The molecule has 0 atom stereocenters. The largest absolute Gasteiger partial charge is 0.326 e. The van der Waals surface area contributed by atoms with Crippen LogP contribution in [0.5, 0.6) is 0 Å². The normalized spacial score (nSPS) is 11.6. The fraction of sp³-hybridized carbons (Fsp3) is 0.467. The number of carbonyl (C=O) groups excluding carboxylic acids is 1. The van der Waals surface area contributed by atoms with Crippen LogP contribution < -0.4 is 5.32 Å². The van der Waals surface area contributed by atoms with Crippen LogP contribution in [0.1, 0.15) is 20.8 Å². The number of carbonyl (C=O) groups is 1. The summed E-state index contributed by atoms with van der Waals surface area (Å²) in [7, 11) is 1.77. The fourth-order valence-corrected chi connectivity index (χ4v) is 1.39. The summed E-state index contributed by atoms with van der Waals surface area (Å²) < 4.78 is 0. The van der Waals surface area contributed by atoms with Gasteiger partial charge in [-0.2, -0.15) is 0 Å². The Bertz CT molecular complexity index is 421. The van der Waals surface area contributed by atoms with Crippen LogP contribution in [0.25, 0.3) is 0 Å². The molecule has 0 bridgehead atoms. The van der Waals surface area contributed by atoms with Crippen LogP contribution in [0.15, 0.2) is 35.3 Å². The van der Waals surface area contributed by atoms with E-state index < -0.39 is 0 Å². The maximum atomic E-state index is 11.9. The first-order chi connectivity index (χ1) is 8.88. The number of aliphatic imine (C=N–C) groups is 1. The molecule has 0 radical (unpaired) electrons. The van der Waals surface area contributed by atoms with E-state index in [2.05, 4.69) is 31.1 Å². The van der Waals surface area contributed by atoms with E-state index in [0.29, 0.717) is 13.1 Å². The Morgan fingerprint density at radius 1 is 1.32 bits per heavy atom. The molecule has 0 saturated heterocycles. The maximum Gasteiger partial charge on any atom is 0.321 e. The zero-order chi connectivity index (χ0) is 14.3. The van der Waals surface area contributed by atoms with Crippen LogP contribution in [0.4, 0.5) is 10.5 Å². The number of anilines is 1. The summed E-state index contributed by atoms with van der Waals surface area (Å²) in [6.07, 6.45) is 1.93. The van der Waals surface area contributed by atoms with Gasteiger partial charge in [0.25, 0.3) is 0 Å². The highest BCUT2D eigenvalue weighted by Gasteiger charge is 2.08. The van der Waals surface area contributed by atoms with Crippen molar-refractivity contribution in [2.75, 3.05) is 25.5 Å². The summed E-state index contributed by atoms with van der Waals surface area (Å²) >= 11 is 0. The molecule has 0 fully saturated rings. The van der Waals surface area contributed by atoms with Gasteiger partial charge in [0, 0.05) is 25.5 Å². The van der Waals surface area contributed by atoms with Crippen molar-refractivity contribution in [3.05, 3.63) is 30.3 Å². The Morgan fingerprint density at radius 3 is 2.53 bits per heavy atom. The minimum Gasteiger partial charge on any atom is -0.326 e. The number of benzene rings is 1. The van der Waals surface area contributed by atoms with Crippen molar-refractivity contribution in [3.63, 3.8) is 0 Å². The molecule has 0 unspecified atom stereocenters. The Kier molecular flexibility index (Phi) is 5.55. The lowest BCUT2D eigenvalue weighted by Gasteiger charge is -2.17. The fourth-order valence-electron chi connectivity index (χ4n) is 1.39. The molecule has 0 aliphatic rings. The molecule has 0 aromatic heterocycles. The lowest BCUT2D eigenvalue weighted by atomic mass is 9.99. The zero-order valence-corrected chi connectivity index (χ0v) is 12.2. The molecule has 1 N–H and O–H groups in total. The topological polar surface area (TPSA) is 44.7 Å². The summed E-state index contributed by atoms with van der Waals surface area (Å²) in [4.78, 5) is 17.8. The average Bonchev–Trinajstić information content (AvgIpc) is 2.34. The van der Waals surface area contributed by atoms with Gasteiger partial charge in [-0.25, -0.2) is 4.79 Å². The van der Waals surface area contributed by atoms with Gasteiger partial charge in [0.05, 0.1) is 6.54 Å². The lowest BCUT2D eigenvalue weighted by Crippen LogP contribution is -2.33. The van der Waals surface area contributed by atoms with Gasteiger partial charge >= 0.3 is 6.03 Å². The van der Waals surface area contributed by atoms with Crippen LogP contribution in [0.2, 0.25) is 0 Å². The quantitative estimate of drug-likeness (QED) is 0.831. The number of hydrogen-bond donors (Lipinski definition) is 1. The van der Waals surface area contributed by atoms with Crippen LogP contribution in [0, 0.1) is 5.41 Å². The van der Waals surface area contributed by atoms with Gasteiger partial charge in [0.1, 0.15) is 0 Å². The highest BCUT2D eigenvalue weighted by molar-refractivity contribution is 5.89. The molecule has 0 saturated carbocycles. The van der Waals surface area contributed by atoms with E-state index in [1.165, 1.54) is 0 Å². The Labute approximate surface area is 115 Å². The molecule has 19 heavy (non-hydrogen) atoms. The second-order valence-electron chi connectivity index (χ2n) is 5.62. The summed E-state index contributed by atoms with van der Waals surface area (Å²) in [6.45, 7) is 7.52. The summed E-state index contributed by atoms with van der Waals surface area (Å²) in [5, 5.41) is 2.83. The molecule has 0 aliphatic heterocycles. The van der Waals surface area contributed by atoms with Crippen LogP contribution in [-0.4, -0.2) is 37.3 Å². The van der Waals surface area contributed by atoms with Gasteiger partial charge in [-0.1, -0.05) is 39.0 Å². The predicted octanol–water partition coefficient (Wildman–Crippen LogP) is 3.27. The molecule has 104 valence electrons. The van der Waals surface area contributed by atoms with E-state index in [9.17, 15) is 4.79 Å². The third-order valence-electron chi connectivity index (χ3n) is 2.41. The molecule has 1 aromatic carbocycles. The highest BCUT2D eigenvalue weighted by Crippen LogP contribution is 2.08. The molecule has 0 aliphatic carbocycles. The van der Waals surface area contributed by atoms with Crippen LogP contribution >= 0.6 is 0 Å². The van der Waals surface area contributed by atoms with Crippen molar-refractivity contribution in [3.8, 4) is 0 Å². The molecule has 0 spiro atoms. The van der Waals surface area contributed by atoms with Gasteiger partial charge in [-0.3, -0.25) is 4.99 Å². The molecule has 1 aromatic rings. The average molecular weight is 261 g/mol. The van der Waals surface area contributed by atoms with Crippen molar-refractivity contribution >= 4 is 17.9 Å². The first-order valence-electron chi connectivity index (χ1n) is 6.46. The zero-order valence-electron chi connectivity index (χ0n) is 12.2. The molecule has 4 nitrogen and oxygen atoms in total. The van der Waals surface area contributed by atoms with E-state index >= 15 is 0 Å². The third-order valence-corrected chi connectivity index (χ3v) is 2.41. The number of nitrogens with zero attached hydrogens (tertiary/aromatic N) is 2. The van der Waals surface area contributed by atoms with E-state index in [1.807, 2.05) is 36.5 Å². The standard InChI is InChI=1S/C15H23N3O/c1-15(2,3)12-16-10-11-18(4)14(19)17-13-8-6-5-7-9-13/h5-9,12H,10-11H2,1-4H3,(H,17,19). The minimum atomic E-state index is -0.114. The van der Waals surface area contributed by atoms with E-state index in [1.54, 1.807) is 11.9 Å². The summed E-state index contributed by atoms with van der Waals surface area (Å²) in [6, 6.07) is 9.32. The lowest BCUT2D eigenvalue weighted by molar-refractivity contribution is 0.223. The third kappa shape index (κ3) is 6.60. The van der Waals surface area contributed by atoms with Gasteiger partial charge in [-0.05, 0) is 17.5 Å². The summed E-state index contributed by atoms with van der Waals surface area (Å²) in [5.41, 5.74) is 0.891. The number of likely N-dealkylation sites (N-methyl/N-ethyl adjacent to an activating group) is 1. The van der Waals surface area contributed by atoms with Crippen molar-refractivity contribution in [2.45, 2.75) is 20.8 Å². The maximum absolute atomic E-state index is 11.9. The van der Waals surface area contributed by atoms with Crippen molar-refractivity contribution in [2.24, 2.45) is 10.4 Å². The number of para-hydroxylation sites is 1. The summed E-state index contributed by atoms with van der Waals surface area (Å²) in [5.74, 6) is 0. The molecular weight excluding hydrogens is 238 g/mol. The molecule has 1 rings (SSSR count). The predicted molar refractivity (Wildman–Crippen MR) is 80.9 cm³/mol. The van der Waals surface area contributed by atoms with Crippen molar-refractivity contribution in [1.82, 2.24) is 4.90 Å². The van der Waals surface area contributed by atoms with Gasteiger partial charge < -0.3 is 10.2 Å². The van der Waals surface area contributed by atoms with E-state index in [-0.39, 0.29) is 11.4 Å². The van der Waals surface area contributed by atoms with Crippen LogP contribution in [0.3, 0.4) is 0 Å². The monoisotopic (exact) mass is 261 g/mol. The Balaban J connectivity index is 2.35. The van der Waals surface area contributed by atoms with Crippen molar-refractivity contribution in [1.29, 1.82) is 0 Å². The number of urea groups is 1. The SMILES string of the molecule is CN(CCN=CC(C)(C)C)C(=O)Nc1ccccc1. The molecular formula is C15H23N3O.